The molecule has 1 amide bonds. The lowest BCUT2D eigenvalue weighted by Crippen LogP contribution is -2.25. The minimum Gasteiger partial charge on any atom is -0.493 e. The lowest BCUT2D eigenvalue weighted by Gasteiger charge is -2.12. The normalized spacial score (nSPS) is 10.2. The Balaban J connectivity index is 2.08. The van der Waals surface area contributed by atoms with Crippen LogP contribution in [0, 0.1) is 10.1 Å². The summed E-state index contributed by atoms with van der Waals surface area (Å²) in [5.41, 5.74) is 0.820. The van der Waals surface area contributed by atoms with Gasteiger partial charge in [-0.2, -0.15) is 0 Å². The first kappa shape index (κ1) is 19.2. The van der Waals surface area contributed by atoms with E-state index in [0.29, 0.717) is 18.9 Å². The van der Waals surface area contributed by atoms with E-state index in [-0.39, 0.29) is 17.0 Å². The van der Waals surface area contributed by atoms with Crippen LogP contribution in [-0.4, -0.2) is 31.1 Å². The average molecular weight is 358 g/mol. The van der Waals surface area contributed by atoms with Crippen molar-refractivity contribution < 1.29 is 19.2 Å². The molecule has 0 atom stereocenters. The third kappa shape index (κ3) is 4.95. The van der Waals surface area contributed by atoms with Crippen molar-refractivity contribution in [1.82, 2.24) is 5.32 Å². The first-order valence-corrected chi connectivity index (χ1v) is 8.38. The van der Waals surface area contributed by atoms with Crippen LogP contribution in [0.2, 0.25) is 0 Å². The van der Waals surface area contributed by atoms with Crippen molar-refractivity contribution >= 4 is 11.6 Å². The zero-order chi connectivity index (χ0) is 18.9. The molecule has 2 aromatic rings. The van der Waals surface area contributed by atoms with E-state index in [1.807, 2.05) is 30.3 Å². The predicted octanol–water partition coefficient (Wildman–Crippen LogP) is 3.36. The largest absolute Gasteiger partial charge is 0.493 e. The average Bonchev–Trinajstić information content (AvgIpc) is 2.65. The summed E-state index contributed by atoms with van der Waals surface area (Å²) in [7, 11) is 1.39. The Morgan fingerprint density at radius 3 is 2.54 bits per heavy atom. The van der Waals surface area contributed by atoms with Gasteiger partial charge in [-0.3, -0.25) is 14.9 Å². The van der Waals surface area contributed by atoms with Gasteiger partial charge in [-0.05, 0) is 25.3 Å². The Bertz CT molecular complexity index is 762. The highest BCUT2D eigenvalue weighted by atomic mass is 16.6. The number of carbonyl (C=O) groups is 1. The zero-order valence-electron chi connectivity index (χ0n) is 14.9. The molecule has 0 aliphatic heterocycles. The molecule has 7 nitrogen and oxygen atoms in total. The first-order valence-electron chi connectivity index (χ1n) is 8.38. The molecule has 0 aliphatic rings. The van der Waals surface area contributed by atoms with Gasteiger partial charge in [-0.15, -0.1) is 0 Å². The zero-order valence-corrected chi connectivity index (χ0v) is 14.9. The molecule has 0 bridgehead atoms. The molecule has 1 N–H and O–H groups in total. The lowest BCUT2D eigenvalue weighted by atomic mass is 10.1. The summed E-state index contributed by atoms with van der Waals surface area (Å²) in [5, 5.41) is 14.0. The molecule has 0 unspecified atom stereocenters. The summed E-state index contributed by atoms with van der Waals surface area (Å²) in [5.74, 6) is 0.0163. The minimum atomic E-state index is -0.600. The second-order valence-corrected chi connectivity index (χ2v) is 5.56. The van der Waals surface area contributed by atoms with Gasteiger partial charge in [0, 0.05) is 12.6 Å². The third-order valence-electron chi connectivity index (χ3n) is 3.79. The smallest absolute Gasteiger partial charge is 0.286 e. The third-order valence-corrected chi connectivity index (χ3v) is 3.79. The number of rotatable bonds is 9. The number of benzene rings is 2. The first-order chi connectivity index (χ1) is 12.6. The van der Waals surface area contributed by atoms with Gasteiger partial charge in [0.25, 0.3) is 11.6 Å². The summed E-state index contributed by atoms with van der Waals surface area (Å²) >= 11 is 0. The van der Waals surface area contributed by atoms with E-state index in [2.05, 4.69) is 5.32 Å². The topological polar surface area (TPSA) is 90.7 Å². The van der Waals surface area contributed by atoms with Crippen LogP contribution in [0.1, 0.15) is 29.3 Å². The fourth-order valence-electron chi connectivity index (χ4n) is 2.54. The fraction of sp³-hybridized carbons (Fsp3) is 0.316. The van der Waals surface area contributed by atoms with Crippen molar-refractivity contribution in [2.45, 2.75) is 19.8 Å². The highest BCUT2D eigenvalue weighted by molar-refractivity contribution is 5.99. The Morgan fingerprint density at radius 1 is 1.19 bits per heavy atom. The van der Waals surface area contributed by atoms with E-state index in [4.69, 9.17) is 9.47 Å². The van der Waals surface area contributed by atoms with E-state index in [1.54, 1.807) is 6.92 Å². The van der Waals surface area contributed by atoms with E-state index in [1.165, 1.54) is 24.8 Å². The SMILES string of the molecule is CCOc1cc(C(=O)NCCCc2ccccc2)c([N+](=O)[O-])cc1OC. The van der Waals surface area contributed by atoms with Crippen LogP contribution in [0.25, 0.3) is 0 Å². The Hall–Kier alpha value is -3.09. The van der Waals surface area contributed by atoms with Crippen LogP contribution >= 0.6 is 0 Å². The van der Waals surface area contributed by atoms with Gasteiger partial charge in [-0.1, -0.05) is 30.3 Å². The van der Waals surface area contributed by atoms with E-state index in [0.717, 1.165) is 12.8 Å². The molecule has 0 saturated carbocycles. The maximum absolute atomic E-state index is 12.4. The number of hydrogen-bond acceptors (Lipinski definition) is 5. The molecule has 0 saturated heterocycles. The van der Waals surface area contributed by atoms with Crippen molar-refractivity contribution in [1.29, 1.82) is 0 Å². The number of amides is 1. The molecule has 2 aromatic carbocycles. The molecular weight excluding hydrogens is 336 g/mol. The number of aryl methyl sites for hydroxylation is 1. The number of nitrogens with one attached hydrogen (secondary N) is 1. The van der Waals surface area contributed by atoms with Gasteiger partial charge in [0.05, 0.1) is 24.7 Å². The minimum absolute atomic E-state index is 0.0426. The van der Waals surface area contributed by atoms with Gasteiger partial charge >= 0.3 is 0 Å². The predicted molar refractivity (Wildman–Crippen MR) is 97.9 cm³/mol. The van der Waals surface area contributed by atoms with Crippen molar-refractivity contribution in [2.24, 2.45) is 0 Å². The number of ether oxygens (including phenoxy) is 2. The Kier molecular flexibility index (Phi) is 6.96. The van der Waals surface area contributed by atoms with Crippen LogP contribution in [0.5, 0.6) is 11.5 Å². The van der Waals surface area contributed by atoms with Crippen LogP contribution in [-0.2, 0) is 6.42 Å². The van der Waals surface area contributed by atoms with Crippen molar-refractivity contribution in [3.63, 3.8) is 0 Å². The number of methoxy groups -OCH3 is 1. The quantitative estimate of drug-likeness (QED) is 0.422. The molecule has 0 aliphatic carbocycles. The van der Waals surface area contributed by atoms with Gasteiger partial charge in [0.15, 0.2) is 11.5 Å². The molecule has 0 aromatic heterocycles. The monoisotopic (exact) mass is 358 g/mol. The molecule has 138 valence electrons. The lowest BCUT2D eigenvalue weighted by molar-refractivity contribution is -0.385. The van der Waals surface area contributed by atoms with E-state index >= 15 is 0 Å². The van der Waals surface area contributed by atoms with Crippen molar-refractivity contribution in [2.75, 3.05) is 20.3 Å². The van der Waals surface area contributed by atoms with Crippen LogP contribution in [0.15, 0.2) is 42.5 Å². The maximum Gasteiger partial charge on any atom is 0.286 e. The molecule has 0 heterocycles. The van der Waals surface area contributed by atoms with Crippen molar-refractivity contribution in [3.8, 4) is 11.5 Å². The molecule has 0 spiro atoms. The molecule has 0 fully saturated rings. The number of nitro benzene ring substituents is 1. The molecule has 2 rings (SSSR count). The summed E-state index contributed by atoms with van der Waals surface area (Å²) < 4.78 is 10.5. The van der Waals surface area contributed by atoms with Crippen LogP contribution in [0.4, 0.5) is 5.69 Å². The van der Waals surface area contributed by atoms with Gasteiger partial charge in [0.1, 0.15) is 5.56 Å². The molecule has 0 radical (unpaired) electrons. The highest BCUT2D eigenvalue weighted by Crippen LogP contribution is 2.34. The van der Waals surface area contributed by atoms with Gasteiger partial charge in [0.2, 0.25) is 0 Å². The summed E-state index contributed by atoms with van der Waals surface area (Å²) in [6, 6.07) is 12.5. The Labute approximate surface area is 152 Å². The van der Waals surface area contributed by atoms with Gasteiger partial charge < -0.3 is 14.8 Å². The van der Waals surface area contributed by atoms with E-state index in [9.17, 15) is 14.9 Å². The van der Waals surface area contributed by atoms with Crippen LogP contribution < -0.4 is 14.8 Å². The fourth-order valence-corrected chi connectivity index (χ4v) is 2.54. The molecular formula is C19H22N2O5. The van der Waals surface area contributed by atoms with E-state index < -0.39 is 10.8 Å². The number of nitro groups is 1. The second kappa shape index (κ2) is 9.41. The maximum atomic E-state index is 12.4. The summed E-state index contributed by atoms with van der Waals surface area (Å²) in [4.78, 5) is 23.1. The highest BCUT2D eigenvalue weighted by Gasteiger charge is 2.24. The number of hydrogen-bond donors (Lipinski definition) is 1. The van der Waals surface area contributed by atoms with Crippen LogP contribution in [0.3, 0.4) is 0 Å². The number of carbonyl (C=O) groups excluding carboxylic acids is 1. The van der Waals surface area contributed by atoms with Gasteiger partial charge in [-0.25, -0.2) is 0 Å². The standard InChI is InChI=1S/C19H22N2O5/c1-3-26-18-12-15(16(21(23)24)13-17(18)25-2)19(22)20-11-7-10-14-8-5-4-6-9-14/h4-6,8-9,12-13H,3,7,10-11H2,1-2H3,(H,20,22). The van der Waals surface area contributed by atoms with Crippen molar-refractivity contribution in [3.05, 3.63) is 63.7 Å². The second-order valence-electron chi connectivity index (χ2n) is 5.56. The number of nitrogens with zero attached hydrogens (tertiary/aromatic N) is 1. The summed E-state index contributed by atoms with van der Waals surface area (Å²) in [6.07, 6.45) is 1.55. The summed E-state index contributed by atoms with van der Waals surface area (Å²) in [6.45, 7) is 2.55. The Morgan fingerprint density at radius 2 is 1.92 bits per heavy atom. The molecule has 26 heavy (non-hydrogen) atoms. The molecule has 7 heteroatoms.